The zero-order valence-electron chi connectivity index (χ0n) is 11.1. The van der Waals surface area contributed by atoms with E-state index in [1.165, 1.54) is 12.8 Å². The standard InChI is InChI=1S/C14H19N3OS/c1-18-10-4-7-12-13(8-10)17-14(16-12)19-11-5-2-9(15)3-6-11/h4,7-9,11H,2-3,5-6,15H2,1H3,(H,16,17). The highest BCUT2D eigenvalue weighted by Crippen LogP contribution is 2.33. The highest BCUT2D eigenvalue weighted by molar-refractivity contribution is 7.99. The van der Waals surface area contributed by atoms with Crippen molar-refractivity contribution in [1.29, 1.82) is 0 Å². The third kappa shape index (κ3) is 2.87. The molecule has 0 atom stereocenters. The van der Waals surface area contributed by atoms with Gasteiger partial charge < -0.3 is 15.5 Å². The van der Waals surface area contributed by atoms with Crippen LogP contribution in [0.25, 0.3) is 11.0 Å². The smallest absolute Gasteiger partial charge is 0.166 e. The number of rotatable bonds is 3. The molecule has 1 aromatic heterocycles. The van der Waals surface area contributed by atoms with Crippen LogP contribution in [0, 0.1) is 0 Å². The largest absolute Gasteiger partial charge is 0.497 e. The van der Waals surface area contributed by atoms with Gasteiger partial charge in [0.05, 0.1) is 18.1 Å². The van der Waals surface area contributed by atoms with Crippen molar-refractivity contribution in [2.24, 2.45) is 5.73 Å². The van der Waals surface area contributed by atoms with Crippen LogP contribution in [0.1, 0.15) is 25.7 Å². The average Bonchev–Trinajstić information content (AvgIpc) is 2.82. The fraction of sp³-hybridized carbons (Fsp3) is 0.500. The van der Waals surface area contributed by atoms with Crippen molar-refractivity contribution in [3.63, 3.8) is 0 Å². The number of hydrogen-bond donors (Lipinski definition) is 2. The van der Waals surface area contributed by atoms with E-state index < -0.39 is 0 Å². The molecule has 0 spiro atoms. The first-order chi connectivity index (χ1) is 9.24. The first-order valence-corrected chi connectivity index (χ1v) is 7.58. The molecule has 4 nitrogen and oxygen atoms in total. The van der Waals surface area contributed by atoms with Crippen LogP contribution in [0.15, 0.2) is 23.4 Å². The molecule has 1 fully saturated rings. The fourth-order valence-electron chi connectivity index (χ4n) is 2.51. The SMILES string of the molecule is COc1ccc2nc(SC3CCC(N)CC3)[nH]c2c1. The Labute approximate surface area is 117 Å². The summed E-state index contributed by atoms with van der Waals surface area (Å²) in [7, 11) is 1.68. The molecule has 0 amide bonds. The van der Waals surface area contributed by atoms with E-state index in [2.05, 4.69) is 9.97 Å². The lowest BCUT2D eigenvalue weighted by atomic mass is 9.96. The summed E-state index contributed by atoms with van der Waals surface area (Å²) in [5, 5.41) is 1.64. The normalized spacial score (nSPS) is 23.7. The van der Waals surface area contributed by atoms with Crippen LogP contribution in [-0.2, 0) is 0 Å². The van der Waals surface area contributed by atoms with Crippen LogP contribution < -0.4 is 10.5 Å². The highest BCUT2D eigenvalue weighted by atomic mass is 32.2. The summed E-state index contributed by atoms with van der Waals surface area (Å²) >= 11 is 1.84. The summed E-state index contributed by atoms with van der Waals surface area (Å²) in [5.41, 5.74) is 7.97. The Morgan fingerprint density at radius 2 is 2.11 bits per heavy atom. The summed E-state index contributed by atoms with van der Waals surface area (Å²) < 4.78 is 5.22. The minimum Gasteiger partial charge on any atom is -0.497 e. The molecule has 2 aromatic rings. The Kier molecular flexibility index (Phi) is 3.66. The second kappa shape index (κ2) is 5.43. The Balaban J connectivity index is 1.74. The van der Waals surface area contributed by atoms with Crippen molar-refractivity contribution in [2.45, 2.75) is 42.1 Å². The second-order valence-corrected chi connectivity index (χ2v) is 6.37. The van der Waals surface area contributed by atoms with Gasteiger partial charge in [0.2, 0.25) is 0 Å². The molecule has 3 rings (SSSR count). The van der Waals surface area contributed by atoms with E-state index in [1.807, 2.05) is 30.0 Å². The van der Waals surface area contributed by atoms with Crippen LogP contribution in [0.2, 0.25) is 0 Å². The van der Waals surface area contributed by atoms with Crippen molar-refractivity contribution in [3.8, 4) is 5.75 Å². The number of nitrogens with zero attached hydrogens (tertiary/aromatic N) is 1. The number of nitrogens with one attached hydrogen (secondary N) is 1. The first kappa shape index (κ1) is 12.8. The number of H-pyrrole nitrogens is 1. The van der Waals surface area contributed by atoms with E-state index in [1.54, 1.807) is 7.11 Å². The third-order valence-electron chi connectivity index (χ3n) is 3.66. The van der Waals surface area contributed by atoms with Crippen molar-refractivity contribution in [2.75, 3.05) is 7.11 Å². The number of imidazole rings is 1. The maximum atomic E-state index is 5.94. The Bertz CT molecular complexity index is 561. The third-order valence-corrected chi connectivity index (χ3v) is 4.89. The lowest BCUT2D eigenvalue weighted by Crippen LogP contribution is -2.27. The van der Waals surface area contributed by atoms with Gasteiger partial charge in [-0.3, -0.25) is 0 Å². The van der Waals surface area contributed by atoms with Crippen LogP contribution in [0.4, 0.5) is 0 Å². The van der Waals surface area contributed by atoms with E-state index in [9.17, 15) is 0 Å². The zero-order valence-corrected chi connectivity index (χ0v) is 11.9. The molecule has 0 bridgehead atoms. The van der Waals surface area contributed by atoms with Gasteiger partial charge in [-0.25, -0.2) is 4.98 Å². The Hall–Kier alpha value is -1.20. The van der Waals surface area contributed by atoms with Crippen LogP contribution >= 0.6 is 11.8 Å². The van der Waals surface area contributed by atoms with Crippen LogP contribution in [0.5, 0.6) is 5.75 Å². The van der Waals surface area contributed by atoms with Gasteiger partial charge in [0.1, 0.15) is 5.75 Å². The van der Waals surface area contributed by atoms with E-state index in [-0.39, 0.29) is 0 Å². The summed E-state index contributed by atoms with van der Waals surface area (Å²) in [5.74, 6) is 0.858. The number of methoxy groups -OCH3 is 1. The number of aromatic amines is 1. The first-order valence-electron chi connectivity index (χ1n) is 6.70. The predicted molar refractivity (Wildman–Crippen MR) is 78.7 cm³/mol. The molecule has 1 aliphatic carbocycles. The molecule has 3 N–H and O–H groups in total. The zero-order chi connectivity index (χ0) is 13.2. The number of thioether (sulfide) groups is 1. The number of fused-ring (bicyclic) bond motifs is 1. The maximum Gasteiger partial charge on any atom is 0.166 e. The lowest BCUT2D eigenvalue weighted by Gasteiger charge is -2.24. The molecule has 5 heteroatoms. The molecule has 1 heterocycles. The molecule has 1 aromatic carbocycles. The van der Waals surface area contributed by atoms with Crippen LogP contribution in [0.3, 0.4) is 0 Å². The number of aromatic nitrogens is 2. The monoisotopic (exact) mass is 277 g/mol. The summed E-state index contributed by atoms with van der Waals surface area (Å²) in [4.78, 5) is 7.99. The minimum atomic E-state index is 0.400. The van der Waals surface area contributed by atoms with Crippen molar-refractivity contribution >= 4 is 22.8 Å². The molecule has 102 valence electrons. The molecule has 0 unspecified atom stereocenters. The number of nitrogens with two attached hydrogens (primary N) is 1. The van der Waals surface area contributed by atoms with Crippen molar-refractivity contribution in [3.05, 3.63) is 18.2 Å². The number of hydrogen-bond acceptors (Lipinski definition) is 4. The van der Waals surface area contributed by atoms with Gasteiger partial charge in [0.15, 0.2) is 5.16 Å². The fourth-order valence-corrected chi connectivity index (χ4v) is 3.66. The van der Waals surface area contributed by atoms with Gasteiger partial charge in [-0.1, -0.05) is 11.8 Å². The molecule has 0 aliphatic heterocycles. The molecular formula is C14H19N3OS. The summed E-state index contributed by atoms with van der Waals surface area (Å²) in [6, 6.07) is 6.32. The van der Waals surface area contributed by atoms with Crippen molar-refractivity contribution in [1.82, 2.24) is 9.97 Å². The molecule has 1 aliphatic rings. The summed E-state index contributed by atoms with van der Waals surface area (Å²) in [6.07, 6.45) is 4.63. The Morgan fingerprint density at radius 1 is 1.32 bits per heavy atom. The highest BCUT2D eigenvalue weighted by Gasteiger charge is 2.20. The molecule has 0 saturated heterocycles. The van der Waals surface area contributed by atoms with Gasteiger partial charge in [-0.05, 0) is 37.8 Å². The molecule has 1 saturated carbocycles. The van der Waals surface area contributed by atoms with E-state index in [4.69, 9.17) is 10.5 Å². The van der Waals surface area contributed by atoms with Crippen LogP contribution in [-0.4, -0.2) is 28.4 Å². The van der Waals surface area contributed by atoms with E-state index in [0.29, 0.717) is 11.3 Å². The van der Waals surface area contributed by atoms with Gasteiger partial charge in [-0.15, -0.1) is 0 Å². The summed E-state index contributed by atoms with van der Waals surface area (Å²) in [6.45, 7) is 0. The van der Waals surface area contributed by atoms with E-state index in [0.717, 1.165) is 34.8 Å². The lowest BCUT2D eigenvalue weighted by molar-refractivity contribution is 0.415. The predicted octanol–water partition coefficient (Wildman–Crippen LogP) is 2.93. The number of benzene rings is 1. The van der Waals surface area contributed by atoms with Gasteiger partial charge in [0.25, 0.3) is 0 Å². The van der Waals surface area contributed by atoms with Gasteiger partial charge in [0, 0.05) is 17.4 Å². The average molecular weight is 277 g/mol. The Morgan fingerprint density at radius 3 is 2.84 bits per heavy atom. The molecule has 19 heavy (non-hydrogen) atoms. The minimum absolute atomic E-state index is 0.400. The van der Waals surface area contributed by atoms with E-state index >= 15 is 0 Å². The molecular weight excluding hydrogens is 258 g/mol. The maximum absolute atomic E-state index is 5.94. The van der Waals surface area contributed by atoms with Gasteiger partial charge >= 0.3 is 0 Å². The van der Waals surface area contributed by atoms with Crippen molar-refractivity contribution < 1.29 is 4.74 Å². The topological polar surface area (TPSA) is 63.9 Å². The quantitative estimate of drug-likeness (QED) is 0.905. The van der Waals surface area contributed by atoms with Gasteiger partial charge in [-0.2, -0.15) is 0 Å². The second-order valence-electron chi connectivity index (χ2n) is 5.08. The number of ether oxygens (including phenoxy) is 1. The molecule has 0 radical (unpaired) electrons.